The topological polar surface area (TPSA) is 69.9 Å². The molecule has 16 aromatic rings. The first-order valence-electron chi connectivity index (χ1n) is 25.5. The first-order valence-corrected chi connectivity index (χ1v) is 26.3. The van der Waals surface area contributed by atoms with Crippen molar-refractivity contribution in [1.29, 1.82) is 0 Å². The Morgan fingerprint density at radius 2 is 0.882 bits per heavy atom. The predicted molar refractivity (Wildman–Crippen MR) is 314 cm³/mol. The van der Waals surface area contributed by atoms with Crippen LogP contribution in [0.3, 0.4) is 0 Å². The van der Waals surface area contributed by atoms with Gasteiger partial charge in [0.05, 0.1) is 11.0 Å². The number of fused-ring (bicyclic) bond motifs is 12. The average Bonchev–Trinajstić information content (AvgIpc) is 4.26. The fraction of sp³-hybridized carbons (Fsp3) is 0. The highest BCUT2D eigenvalue weighted by molar-refractivity contribution is 7.26. The molecule has 16 rings (SSSR count). The van der Waals surface area contributed by atoms with Crippen LogP contribution in [0.1, 0.15) is 0 Å². The number of thiophene rings is 1. The first-order chi connectivity index (χ1) is 37.6. The molecule has 0 aliphatic carbocycles. The Labute approximate surface area is 439 Å². The van der Waals surface area contributed by atoms with Crippen molar-refractivity contribution in [3.05, 3.63) is 243 Å². The van der Waals surface area contributed by atoms with Gasteiger partial charge in [0.1, 0.15) is 22.3 Å². The molecule has 5 heterocycles. The SMILES string of the molecule is c1ccc(-c2ccc3c(c2)oc2cc(-c4nc(-c5ccccc5)nc(-c5cccc6oc7ccc(-c8ccc9c(c8)c8ccc(-c%10cccc%11c%10sc%10ccccc%10%11)cc8n9-c8ccccc8)cc7c56)n4)ccc23)cc1. The second kappa shape index (κ2) is 16.8. The molecule has 0 amide bonds. The second-order valence-electron chi connectivity index (χ2n) is 19.5. The molecule has 76 heavy (non-hydrogen) atoms. The van der Waals surface area contributed by atoms with Crippen LogP contribution in [0.4, 0.5) is 0 Å². The molecule has 6 nitrogen and oxygen atoms in total. The third-order valence-electron chi connectivity index (χ3n) is 15.1. The maximum absolute atomic E-state index is 6.63. The van der Waals surface area contributed by atoms with Gasteiger partial charge >= 0.3 is 0 Å². The second-order valence-corrected chi connectivity index (χ2v) is 20.5. The van der Waals surface area contributed by atoms with Crippen molar-refractivity contribution in [3.8, 4) is 73.2 Å². The summed E-state index contributed by atoms with van der Waals surface area (Å²) in [5, 5.41) is 9.01. The molecule has 0 unspecified atom stereocenters. The zero-order valence-electron chi connectivity index (χ0n) is 40.6. The van der Waals surface area contributed by atoms with Crippen LogP contribution in [0.15, 0.2) is 251 Å². The minimum absolute atomic E-state index is 0.550. The predicted octanol–water partition coefficient (Wildman–Crippen LogP) is 19.1. The van der Waals surface area contributed by atoms with Crippen LogP contribution in [-0.2, 0) is 0 Å². The Bertz CT molecular complexity index is 4990. The molecule has 0 bridgehead atoms. The molecule has 0 aliphatic heterocycles. The lowest BCUT2D eigenvalue weighted by molar-refractivity contribution is 0.668. The summed E-state index contributed by atoms with van der Waals surface area (Å²) in [5.41, 5.74) is 16.1. The minimum Gasteiger partial charge on any atom is -0.456 e. The van der Waals surface area contributed by atoms with E-state index in [0.29, 0.717) is 17.5 Å². The number of hydrogen-bond donors (Lipinski definition) is 0. The molecular formula is C69H40N4O2S. The van der Waals surface area contributed by atoms with Gasteiger partial charge in [-0.3, -0.25) is 0 Å². The summed E-state index contributed by atoms with van der Waals surface area (Å²) in [6.45, 7) is 0. The molecule has 0 aliphatic rings. The molecule has 0 saturated carbocycles. The molecule has 0 spiro atoms. The highest BCUT2D eigenvalue weighted by Crippen LogP contribution is 2.44. The number of furan rings is 2. The third-order valence-corrected chi connectivity index (χ3v) is 16.3. The van der Waals surface area contributed by atoms with E-state index in [-0.39, 0.29) is 0 Å². The van der Waals surface area contributed by atoms with Crippen LogP contribution in [0.5, 0.6) is 0 Å². The number of para-hydroxylation sites is 1. The van der Waals surface area contributed by atoms with Gasteiger partial charge in [-0.15, -0.1) is 11.3 Å². The normalized spacial score (nSPS) is 11.9. The highest BCUT2D eigenvalue weighted by atomic mass is 32.1. The van der Waals surface area contributed by atoms with Gasteiger partial charge in [0.15, 0.2) is 17.5 Å². The highest BCUT2D eigenvalue weighted by Gasteiger charge is 2.21. The Morgan fingerprint density at radius 1 is 0.303 bits per heavy atom. The molecule has 0 atom stereocenters. The van der Waals surface area contributed by atoms with E-state index < -0.39 is 0 Å². The van der Waals surface area contributed by atoms with Gasteiger partial charge < -0.3 is 13.4 Å². The quantitative estimate of drug-likeness (QED) is 0.159. The zero-order chi connectivity index (χ0) is 49.8. The van der Waals surface area contributed by atoms with Crippen molar-refractivity contribution in [1.82, 2.24) is 19.5 Å². The maximum atomic E-state index is 6.63. The molecule has 0 fully saturated rings. The molecule has 7 heteroatoms. The molecule has 354 valence electrons. The molecule has 0 radical (unpaired) electrons. The van der Waals surface area contributed by atoms with Gasteiger partial charge in [0, 0.05) is 74.9 Å². The Morgan fingerprint density at radius 3 is 1.70 bits per heavy atom. The third kappa shape index (κ3) is 6.76. The fourth-order valence-electron chi connectivity index (χ4n) is 11.5. The van der Waals surface area contributed by atoms with Gasteiger partial charge in [-0.1, -0.05) is 164 Å². The summed E-state index contributed by atoms with van der Waals surface area (Å²) in [7, 11) is 0. The van der Waals surface area contributed by atoms with E-state index in [2.05, 4.69) is 193 Å². The van der Waals surface area contributed by atoms with E-state index in [4.69, 9.17) is 23.8 Å². The molecular weight excluding hydrogens is 949 g/mol. The van der Waals surface area contributed by atoms with Crippen molar-refractivity contribution >= 4 is 97.2 Å². The molecule has 11 aromatic carbocycles. The van der Waals surface area contributed by atoms with Crippen molar-refractivity contribution in [2.45, 2.75) is 0 Å². The number of nitrogens with zero attached hydrogens (tertiary/aromatic N) is 4. The van der Waals surface area contributed by atoms with E-state index in [9.17, 15) is 0 Å². The Hall–Kier alpha value is -9.95. The number of hydrogen-bond acceptors (Lipinski definition) is 6. The standard InChI is InChI=1S/C69H40N4O2S/c1-4-14-41(15-5-1)45-26-32-51-52-33-28-47(40-63(52)75-62(51)39-45)68-70-67(42-16-6-2-7-17-42)71-69(72-68)55-23-13-24-61-65(55)57-37-44(30-35-60(57)74-61)43-29-34-58-56(36-43)50-31-27-46(38-59(50)73(58)48-18-8-3-9-19-48)49-21-12-22-54-53-20-10-11-25-64(53)76-66(49)54/h1-40H. The van der Waals surface area contributed by atoms with Gasteiger partial charge in [-0.25, -0.2) is 15.0 Å². The van der Waals surface area contributed by atoms with Crippen LogP contribution in [0.2, 0.25) is 0 Å². The summed E-state index contributed by atoms with van der Waals surface area (Å²) in [5.74, 6) is 1.68. The van der Waals surface area contributed by atoms with E-state index in [0.717, 1.165) is 99.5 Å². The van der Waals surface area contributed by atoms with E-state index in [1.165, 1.54) is 42.1 Å². The monoisotopic (exact) mass is 988 g/mol. The Balaban J connectivity index is 0.829. The lowest BCUT2D eigenvalue weighted by Gasteiger charge is -2.10. The van der Waals surface area contributed by atoms with E-state index in [1.807, 2.05) is 65.9 Å². The average molecular weight is 989 g/mol. The summed E-state index contributed by atoms with van der Waals surface area (Å²) in [4.78, 5) is 15.6. The number of aromatic nitrogens is 4. The molecule has 0 saturated heterocycles. The minimum atomic E-state index is 0.550. The van der Waals surface area contributed by atoms with Crippen molar-refractivity contribution < 1.29 is 8.83 Å². The van der Waals surface area contributed by atoms with Gasteiger partial charge in [0.25, 0.3) is 0 Å². The summed E-state index contributed by atoms with van der Waals surface area (Å²) >= 11 is 1.87. The van der Waals surface area contributed by atoms with Crippen molar-refractivity contribution in [2.75, 3.05) is 0 Å². The molecule has 0 N–H and O–H groups in total. The smallest absolute Gasteiger partial charge is 0.164 e. The van der Waals surface area contributed by atoms with Gasteiger partial charge in [-0.05, 0) is 112 Å². The summed E-state index contributed by atoms with van der Waals surface area (Å²) in [6, 6.07) is 85.7. The Kier molecular flexibility index (Phi) is 9.40. The lowest BCUT2D eigenvalue weighted by Crippen LogP contribution is -2.00. The van der Waals surface area contributed by atoms with Crippen LogP contribution >= 0.6 is 11.3 Å². The van der Waals surface area contributed by atoms with E-state index in [1.54, 1.807) is 0 Å². The number of benzene rings is 11. The summed E-state index contributed by atoms with van der Waals surface area (Å²) < 4.78 is 18.2. The van der Waals surface area contributed by atoms with Crippen LogP contribution in [0, 0.1) is 0 Å². The van der Waals surface area contributed by atoms with Crippen molar-refractivity contribution in [3.63, 3.8) is 0 Å². The number of rotatable bonds is 7. The molecule has 5 aromatic heterocycles. The van der Waals surface area contributed by atoms with E-state index >= 15 is 0 Å². The van der Waals surface area contributed by atoms with Crippen LogP contribution in [0.25, 0.3) is 159 Å². The van der Waals surface area contributed by atoms with Crippen molar-refractivity contribution in [2.24, 2.45) is 0 Å². The van der Waals surface area contributed by atoms with Gasteiger partial charge in [0.2, 0.25) is 0 Å². The first kappa shape index (κ1) is 42.5. The summed E-state index contributed by atoms with van der Waals surface area (Å²) in [6.07, 6.45) is 0. The van der Waals surface area contributed by atoms with Crippen LogP contribution in [-0.4, -0.2) is 19.5 Å². The lowest BCUT2D eigenvalue weighted by atomic mass is 9.98. The van der Waals surface area contributed by atoms with Crippen LogP contribution < -0.4 is 0 Å². The fourth-order valence-corrected chi connectivity index (χ4v) is 12.7. The largest absolute Gasteiger partial charge is 0.456 e. The van der Waals surface area contributed by atoms with Gasteiger partial charge in [-0.2, -0.15) is 0 Å². The zero-order valence-corrected chi connectivity index (χ0v) is 41.4. The maximum Gasteiger partial charge on any atom is 0.164 e.